The highest BCUT2D eigenvalue weighted by Gasteiger charge is 2.23. The third kappa shape index (κ3) is 11.5. The number of aliphatic carboxylic acids is 1. The minimum absolute atomic E-state index is 0.0594. The summed E-state index contributed by atoms with van der Waals surface area (Å²) >= 11 is 6.64. The number of ether oxygens (including phenoxy) is 1. The summed E-state index contributed by atoms with van der Waals surface area (Å²) in [6.07, 6.45) is 12.9. The van der Waals surface area contributed by atoms with E-state index in [2.05, 4.69) is 12.2 Å². The van der Waals surface area contributed by atoms with E-state index in [1.165, 1.54) is 75.3 Å². The van der Waals surface area contributed by atoms with Crippen LogP contribution >= 0.6 is 11.6 Å². The number of benzene rings is 2. The van der Waals surface area contributed by atoms with E-state index in [4.69, 9.17) is 25.9 Å². The largest absolute Gasteiger partial charge is 0.481 e. The highest BCUT2D eigenvalue weighted by atomic mass is 35.5. The summed E-state index contributed by atoms with van der Waals surface area (Å²) in [6, 6.07) is 11.4. The lowest BCUT2D eigenvalue weighted by Crippen LogP contribution is -2.43. The van der Waals surface area contributed by atoms with E-state index in [0.29, 0.717) is 33.6 Å². The molecule has 250 valence electrons. The Labute approximate surface area is 276 Å². The predicted octanol–water partition coefficient (Wildman–Crippen LogP) is 8.45. The number of carboxylic acids is 1. The molecular weight excluding hydrogens is 608 g/mol. The summed E-state index contributed by atoms with van der Waals surface area (Å²) in [4.78, 5) is 50.0. The van der Waals surface area contributed by atoms with Gasteiger partial charge in [-0.3, -0.25) is 14.4 Å². The molecular formula is C36H47ClN2O7. The molecule has 0 radical (unpaired) electrons. The van der Waals surface area contributed by atoms with E-state index in [1.807, 2.05) is 0 Å². The number of unbranched alkanes of at least 4 members (excludes halogenated alkanes) is 10. The van der Waals surface area contributed by atoms with Crippen molar-refractivity contribution in [3.05, 3.63) is 57.9 Å². The maximum Gasteiger partial charge on any atom is 0.336 e. The van der Waals surface area contributed by atoms with Crippen LogP contribution in [0, 0.1) is 0 Å². The van der Waals surface area contributed by atoms with Gasteiger partial charge in [0.05, 0.1) is 5.02 Å². The minimum atomic E-state index is -1.11. The van der Waals surface area contributed by atoms with E-state index in [1.54, 1.807) is 37.3 Å². The number of nitrogens with one attached hydrogen (secondary N) is 1. The number of rotatable bonds is 20. The van der Waals surface area contributed by atoms with Gasteiger partial charge in [-0.15, -0.1) is 0 Å². The molecule has 0 saturated carbocycles. The summed E-state index contributed by atoms with van der Waals surface area (Å²) < 4.78 is 11.2. The molecule has 0 fully saturated rings. The van der Waals surface area contributed by atoms with Crippen LogP contribution in [0.5, 0.6) is 5.75 Å². The van der Waals surface area contributed by atoms with Gasteiger partial charge in [-0.05, 0) is 44.5 Å². The summed E-state index contributed by atoms with van der Waals surface area (Å²) in [5.41, 5.74) is 1.35. The average Bonchev–Trinajstić information content (AvgIpc) is 3.01. The monoisotopic (exact) mass is 654 g/mol. The number of likely N-dealkylation sites (N-methyl/N-ethyl adjacent to an activating group) is 1. The standard InChI is InChI=1S/C36H47ClN2O7/c1-4-6-7-8-9-10-11-12-13-14-15-16-33(40)38-26-17-19-28(31(37)21-26)30-23-35(43)46-32-22-27(18-20-29(30)32)45-25(3)36(44)39(5-2)24-34(41)42/h17-23,25H,4-16,24H2,1-3H3,(H,38,40)(H,41,42)/t25-/m1/s1. The molecule has 0 unspecified atom stereocenters. The van der Waals surface area contributed by atoms with Gasteiger partial charge in [0.25, 0.3) is 5.91 Å². The normalized spacial score (nSPS) is 11.7. The van der Waals surface area contributed by atoms with Gasteiger partial charge in [0.2, 0.25) is 5.91 Å². The van der Waals surface area contributed by atoms with Crippen molar-refractivity contribution >= 4 is 46.0 Å². The first-order valence-electron chi connectivity index (χ1n) is 16.5. The fourth-order valence-corrected chi connectivity index (χ4v) is 5.73. The van der Waals surface area contributed by atoms with Crippen LogP contribution in [0.2, 0.25) is 5.02 Å². The van der Waals surface area contributed by atoms with Crippen LogP contribution in [-0.2, 0) is 14.4 Å². The second kappa shape index (κ2) is 19.0. The number of hydrogen-bond acceptors (Lipinski definition) is 6. The van der Waals surface area contributed by atoms with Crippen LogP contribution in [0.15, 0.2) is 51.7 Å². The first-order chi connectivity index (χ1) is 22.1. The molecule has 3 rings (SSSR count). The zero-order chi connectivity index (χ0) is 33.5. The van der Waals surface area contributed by atoms with E-state index in [0.717, 1.165) is 19.3 Å². The van der Waals surface area contributed by atoms with E-state index >= 15 is 0 Å². The van der Waals surface area contributed by atoms with Gasteiger partial charge in [-0.2, -0.15) is 0 Å². The Hall–Kier alpha value is -3.85. The lowest BCUT2D eigenvalue weighted by atomic mass is 10.0. The average molecular weight is 655 g/mol. The van der Waals surface area contributed by atoms with E-state index in [-0.39, 0.29) is 23.8 Å². The highest BCUT2D eigenvalue weighted by Crippen LogP contribution is 2.35. The van der Waals surface area contributed by atoms with Gasteiger partial charge in [0.15, 0.2) is 6.10 Å². The second-order valence-electron chi connectivity index (χ2n) is 11.7. The molecule has 2 N–H and O–H groups in total. The number of anilines is 1. The molecule has 0 aliphatic carbocycles. The lowest BCUT2D eigenvalue weighted by molar-refractivity contribution is -0.147. The topological polar surface area (TPSA) is 126 Å². The number of halogens is 1. The van der Waals surface area contributed by atoms with Crippen LogP contribution < -0.4 is 15.7 Å². The van der Waals surface area contributed by atoms with E-state index < -0.39 is 30.2 Å². The van der Waals surface area contributed by atoms with Crippen molar-refractivity contribution in [2.75, 3.05) is 18.4 Å². The number of hydrogen-bond donors (Lipinski definition) is 2. The van der Waals surface area contributed by atoms with Crippen LogP contribution in [0.3, 0.4) is 0 Å². The molecule has 0 bridgehead atoms. The molecule has 3 aromatic rings. The van der Waals surface area contributed by atoms with Gasteiger partial charge in [-0.1, -0.05) is 88.8 Å². The van der Waals surface area contributed by atoms with Gasteiger partial charge in [-0.25, -0.2) is 4.79 Å². The smallest absolute Gasteiger partial charge is 0.336 e. The van der Waals surface area contributed by atoms with Crippen molar-refractivity contribution in [1.82, 2.24) is 4.90 Å². The lowest BCUT2D eigenvalue weighted by Gasteiger charge is -2.23. The molecule has 1 heterocycles. The zero-order valence-electron chi connectivity index (χ0n) is 27.2. The number of carbonyl (C=O) groups excluding carboxylic acids is 2. The quantitative estimate of drug-likeness (QED) is 0.0924. The summed E-state index contributed by atoms with van der Waals surface area (Å²) in [5, 5.41) is 12.9. The summed E-state index contributed by atoms with van der Waals surface area (Å²) in [5.74, 6) is -1.37. The van der Waals surface area contributed by atoms with Gasteiger partial charge >= 0.3 is 11.6 Å². The fourth-order valence-electron chi connectivity index (χ4n) is 5.44. The number of carbonyl (C=O) groups is 3. The van der Waals surface area contributed by atoms with Crippen LogP contribution in [0.4, 0.5) is 5.69 Å². The third-order valence-corrected chi connectivity index (χ3v) is 8.26. The van der Waals surface area contributed by atoms with Crippen molar-refractivity contribution in [1.29, 1.82) is 0 Å². The number of fused-ring (bicyclic) bond motifs is 1. The molecule has 10 heteroatoms. The molecule has 0 aliphatic heterocycles. The molecule has 1 aromatic heterocycles. The fraction of sp³-hybridized carbons (Fsp3) is 0.500. The second-order valence-corrected chi connectivity index (χ2v) is 12.1. The molecule has 0 spiro atoms. The summed E-state index contributed by atoms with van der Waals surface area (Å²) in [7, 11) is 0. The maximum atomic E-state index is 12.7. The Kier molecular flexibility index (Phi) is 15.1. The van der Waals surface area contributed by atoms with Crippen molar-refractivity contribution in [2.45, 2.75) is 104 Å². The van der Waals surface area contributed by atoms with Crippen LogP contribution in [-0.4, -0.2) is 47.0 Å². The summed E-state index contributed by atoms with van der Waals surface area (Å²) in [6.45, 7) is 5.24. The Balaban J connectivity index is 1.58. The molecule has 46 heavy (non-hydrogen) atoms. The van der Waals surface area contributed by atoms with Crippen molar-refractivity contribution in [3.63, 3.8) is 0 Å². The Morgan fingerprint density at radius 3 is 2.15 bits per heavy atom. The molecule has 0 saturated heterocycles. The Morgan fingerprint density at radius 1 is 0.891 bits per heavy atom. The number of nitrogens with zero attached hydrogens (tertiary/aromatic N) is 1. The Bertz CT molecular complexity index is 1520. The number of carboxylic acid groups (broad SMARTS) is 1. The van der Waals surface area contributed by atoms with Crippen molar-refractivity contribution in [2.24, 2.45) is 0 Å². The zero-order valence-corrected chi connectivity index (χ0v) is 28.0. The SMILES string of the molecule is CCCCCCCCCCCCCC(=O)Nc1ccc(-c2cc(=O)oc3cc(O[C@H](C)C(=O)N(CC)CC(=O)O)ccc23)c(Cl)c1. The molecule has 2 aromatic carbocycles. The predicted molar refractivity (Wildman–Crippen MR) is 183 cm³/mol. The van der Waals surface area contributed by atoms with Crippen molar-refractivity contribution < 1.29 is 28.6 Å². The molecule has 9 nitrogen and oxygen atoms in total. The Morgan fingerprint density at radius 2 is 1.54 bits per heavy atom. The van der Waals surface area contributed by atoms with Crippen LogP contribution in [0.25, 0.3) is 22.1 Å². The first kappa shape index (κ1) is 36.6. The number of amides is 2. The maximum absolute atomic E-state index is 12.7. The third-order valence-electron chi connectivity index (χ3n) is 7.95. The van der Waals surface area contributed by atoms with Crippen molar-refractivity contribution in [3.8, 4) is 16.9 Å². The van der Waals surface area contributed by atoms with Crippen LogP contribution in [0.1, 0.15) is 97.8 Å². The first-order valence-corrected chi connectivity index (χ1v) is 16.9. The molecule has 0 aliphatic rings. The van der Waals surface area contributed by atoms with Gasteiger partial charge in [0, 0.05) is 47.3 Å². The van der Waals surface area contributed by atoms with Gasteiger partial charge < -0.3 is 24.5 Å². The highest BCUT2D eigenvalue weighted by molar-refractivity contribution is 6.34. The minimum Gasteiger partial charge on any atom is -0.481 e. The molecule has 2 amide bonds. The molecule has 1 atom stereocenters. The van der Waals surface area contributed by atoms with E-state index in [9.17, 15) is 19.2 Å². The van der Waals surface area contributed by atoms with Gasteiger partial charge in [0.1, 0.15) is 17.9 Å².